The third-order valence-corrected chi connectivity index (χ3v) is 6.63. The molecule has 0 aromatic carbocycles. The van der Waals surface area contributed by atoms with Crippen LogP contribution in [0.15, 0.2) is 36.8 Å². The lowest BCUT2D eigenvalue weighted by molar-refractivity contribution is -0.326. The Labute approximate surface area is 175 Å². The summed E-state index contributed by atoms with van der Waals surface area (Å²) in [4.78, 5) is 3.94. The predicted molar refractivity (Wildman–Crippen MR) is 110 cm³/mol. The molecule has 160 valence electrons. The van der Waals surface area contributed by atoms with Crippen molar-refractivity contribution in [2.24, 2.45) is 0 Å². The van der Waals surface area contributed by atoms with Crippen LogP contribution in [0.25, 0.3) is 0 Å². The minimum Gasteiger partial charge on any atom is -0.399 e. The molecule has 3 saturated heterocycles. The average Bonchev–Trinajstić information content (AvgIpc) is 3.32. The fourth-order valence-corrected chi connectivity index (χ4v) is 4.16. The van der Waals surface area contributed by atoms with E-state index < -0.39 is 6.29 Å². The molecule has 0 saturated carbocycles. The zero-order valence-electron chi connectivity index (χ0n) is 17.4. The molecule has 4 rings (SSSR count). The van der Waals surface area contributed by atoms with Gasteiger partial charge in [0, 0.05) is 16.2 Å². The molecule has 0 spiro atoms. The van der Waals surface area contributed by atoms with Crippen LogP contribution in [-0.2, 0) is 25.3 Å². The van der Waals surface area contributed by atoms with Gasteiger partial charge in [0.15, 0.2) is 11.5 Å². The van der Waals surface area contributed by atoms with Crippen molar-refractivity contribution in [3.05, 3.63) is 41.7 Å². The van der Waals surface area contributed by atoms with Crippen LogP contribution >= 0.6 is 11.3 Å². The lowest BCUT2D eigenvalue weighted by atomic mass is 9.88. The summed E-state index contributed by atoms with van der Waals surface area (Å²) in [7, 11) is -0.211. The summed E-state index contributed by atoms with van der Waals surface area (Å²) in [6, 6.07) is 4.39. The van der Waals surface area contributed by atoms with Crippen molar-refractivity contribution in [1.82, 2.24) is 4.90 Å². The first-order valence-electron chi connectivity index (χ1n) is 9.69. The van der Waals surface area contributed by atoms with Crippen LogP contribution in [0.2, 0.25) is 0 Å². The molecule has 3 aliphatic heterocycles. The van der Waals surface area contributed by atoms with Crippen molar-refractivity contribution in [3.8, 4) is 0 Å². The van der Waals surface area contributed by atoms with E-state index in [0.717, 1.165) is 6.54 Å². The Kier molecular flexibility index (Phi) is 6.16. The van der Waals surface area contributed by atoms with Crippen LogP contribution in [-0.4, -0.2) is 42.6 Å². The lowest BCUT2D eigenvalue weighted by Crippen LogP contribution is -2.41. The van der Waals surface area contributed by atoms with Crippen LogP contribution < -0.4 is 4.78 Å². The van der Waals surface area contributed by atoms with Gasteiger partial charge in [0.1, 0.15) is 0 Å². The van der Waals surface area contributed by atoms with Crippen LogP contribution in [0.4, 0.5) is 8.78 Å². The average molecular weight is 427 g/mol. The van der Waals surface area contributed by atoms with Crippen molar-refractivity contribution in [1.29, 1.82) is 0 Å². The largest absolute Gasteiger partial charge is 0.586 e. The highest BCUT2D eigenvalue weighted by Crippen LogP contribution is 2.37. The first kappa shape index (κ1) is 22.3. The quantitative estimate of drug-likeness (QED) is 0.675. The maximum absolute atomic E-state index is 11.9. The summed E-state index contributed by atoms with van der Waals surface area (Å²) in [6.07, 6.45) is -0.876. The Bertz CT molecular complexity index is 740. The number of hydrogen-bond acceptors (Lipinski definition) is 6. The second-order valence-corrected chi connectivity index (χ2v) is 9.59. The Morgan fingerprint density at radius 2 is 1.52 bits per heavy atom. The van der Waals surface area contributed by atoms with E-state index in [1.807, 2.05) is 11.3 Å². The Morgan fingerprint density at radius 1 is 1.00 bits per heavy atom. The maximum atomic E-state index is 11.9. The van der Waals surface area contributed by atoms with E-state index in [1.165, 1.54) is 35.6 Å². The summed E-state index contributed by atoms with van der Waals surface area (Å²) in [6.45, 7) is 18.2. The van der Waals surface area contributed by atoms with E-state index in [0.29, 0.717) is 0 Å². The van der Waals surface area contributed by atoms with Crippen LogP contribution in [0.3, 0.4) is 0 Å². The molecule has 0 unspecified atom stereocenters. The van der Waals surface area contributed by atoms with Crippen molar-refractivity contribution < 1.29 is 27.6 Å². The molecular formula is C20H28BF2NO4S. The molecule has 29 heavy (non-hydrogen) atoms. The third kappa shape index (κ3) is 5.20. The second kappa shape index (κ2) is 8.02. The number of ether oxygens (including phenoxy) is 2. The summed E-state index contributed by atoms with van der Waals surface area (Å²) < 4.78 is 44.8. The minimum atomic E-state index is -3.56. The van der Waals surface area contributed by atoms with Gasteiger partial charge in [-0.05, 0) is 59.7 Å². The van der Waals surface area contributed by atoms with Gasteiger partial charge in [0.2, 0.25) is 0 Å². The Balaban J connectivity index is 0.000000224. The second-order valence-electron chi connectivity index (χ2n) is 8.39. The molecule has 9 heteroatoms. The molecule has 0 atom stereocenters. The monoisotopic (exact) mass is 427 g/mol. The minimum absolute atomic E-state index is 0.211. The topological polar surface area (TPSA) is 40.2 Å². The summed E-state index contributed by atoms with van der Waals surface area (Å²) in [5, 5.41) is 0. The highest BCUT2D eigenvalue weighted by atomic mass is 32.1. The molecule has 3 fully saturated rings. The fraction of sp³-hybridized carbons (Fsp3) is 0.600. The van der Waals surface area contributed by atoms with Crippen molar-refractivity contribution >= 4 is 23.2 Å². The molecule has 3 aliphatic rings. The molecule has 0 bridgehead atoms. The van der Waals surface area contributed by atoms with Gasteiger partial charge in [0.05, 0.1) is 11.2 Å². The first-order valence-corrected chi connectivity index (χ1v) is 10.5. The zero-order valence-corrected chi connectivity index (χ0v) is 18.2. The van der Waals surface area contributed by atoms with E-state index in [4.69, 9.17) is 9.31 Å². The first-order chi connectivity index (χ1) is 13.4. The number of hydrogen-bond donors (Lipinski definition) is 0. The lowest BCUT2D eigenvalue weighted by Gasteiger charge is -2.32. The number of nitrogens with zero attached hydrogens (tertiary/aromatic N) is 1. The van der Waals surface area contributed by atoms with Gasteiger partial charge in [-0.25, -0.2) is 0 Å². The highest BCUT2D eigenvalue weighted by molar-refractivity contribution is 7.22. The highest BCUT2D eigenvalue weighted by Gasteiger charge is 2.52. The number of alkyl halides is 2. The Morgan fingerprint density at radius 3 is 1.97 bits per heavy atom. The number of rotatable bonds is 3. The number of thiophene rings is 1. The Hall–Kier alpha value is -1.42. The van der Waals surface area contributed by atoms with Gasteiger partial charge < -0.3 is 18.8 Å². The van der Waals surface area contributed by atoms with Gasteiger partial charge in [-0.3, -0.25) is 4.90 Å². The summed E-state index contributed by atoms with van der Waals surface area (Å²) >= 11 is 1.83. The van der Waals surface area contributed by atoms with Crippen LogP contribution in [0, 0.1) is 0 Å². The molecule has 1 aromatic heterocycles. The SMILES string of the molecule is C=C1OC(F)(F)OC1=C.CC1(C)OB(c2ccc(CN3CCCC3)s2)OC1(C)C. The van der Waals surface area contributed by atoms with Gasteiger partial charge in [0.25, 0.3) is 0 Å². The normalized spacial score (nSPS) is 24.8. The molecule has 0 radical (unpaired) electrons. The smallest absolute Gasteiger partial charge is 0.399 e. The van der Waals surface area contributed by atoms with E-state index in [2.05, 4.69) is 67.4 Å². The van der Waals surface area contributed by atoms with E-state index in [1.54, 1.807) is 0 Å². The zero-order chi connectivity index (χ0) is 21.4. The van der Waals surface area contributed by atoms with Gasteiger partial charge >= 0.3 is 13.4 Å². The predicted octanol–water partition coefficient (Wildman–Crippen LogP) is 4.25. The van der Waals surface area contributed by atoms with Crippen molar-refractivity contribution in [2.45, 2.75) is 64.6 Å². The molecule has 5 nitrogen and oxygen atoms in total. The molecule has 4 heterocycles. The van der Waals surface area contributed by atoms with Gasteiger partial charge in [-0.1, -0.05) is 19.2 Å². The van der Waals surface area contributed by atoms with Gasteiger partial charge in [-0.2, -0.15) is 0 Å². The summed E-state index contributed by atoms with van der Waals surface area (Å²) in [5.41, 5.74) is -0.506. The fourth-order valence-electron chi connectivity index (χ4n) is 3.15. The van der Waals surface area contributed by atoms with Crippen molar-refractivity contribution in [3.63, 3.8) is 0 Å². The third-order valence-electron chi connectivity index (χ3n) is 5.54. The van der Waals surface area contributed by atoms with Crippen LogP contribution in [0.1, 0.15) is 45.4 Å². The standard InChI is InChI=1S/C15H24BNO2S.C5H4F2O2/c1-14(2)15(3,4)19-16(18-14)13-8-7-12(20-13)11-17-9-5-6-10-17;1-3-4(2)9-5(6,7)8-3/h7-8H,5-6,9-11H2,1-4H3;1-2H2. The number of likely N-dealkylation sites (tertiary alicyclic amines) is 1. The van der Waals surface area contributed by atoms with Gasteiger partial charge in [-0.15, -0.1) is 20.1 Å². The maximum Gasteiger partial charge on any atom is 0.586 e. The number of halogens is 2. The molecular weight excluding hydrogens is 399 g/mol. The molecule has 0 aliphatic carbocycles. The van der Waals surface area contributed by atoms with Crippen LogP contribution in [0.5, 0.6) is 0 Å². The van der Waals surface area contributed by atoms with E-state index in [-0.39, 0.29) is 29.8 Å². The molecule has 0 N–H and O–H groups in total. The van der Waals surface area contributed by atoms with E-state index in [9.17, 15) is 8.78 Å². The molecule has 0 amide bonds. The summed E-state index contributed by atoms with van der Waals surface area (Å²) in [5.74, 6) is -0.444. The van der Waals surface area contributed by atoms with Crippen molar-refractivity contribution in [2.75, 3.05) is 13.1 Å². The molecule has 1 aromatic rings. The van der Waals surface area contributed by atoms with E-state index >= 15 is 0 Å².